The van der Waals surface area contributed by atoms with Crippen LogP contribution >= 0.6 is 12.8 Å². The molecule has 0 aliphatic carbocycles. The highest BCUT2D eigenvalue weighted by molar-refractivity contribution is 7.82. The van der Waals surface area contributed by atoms with Gasteiger partial charge in [-0.25, -0.2) is 13.5 Å². The number of anilines is 1. The number of morpholine rings is 1. The number of amides is 3. The number of fused-ring (bicyclic) bond motifs is 1. The van der Waals surface area contributed by atoms with Crippen LogP contribution < -0.4 is 23.8 Å². The van der Waals surface area contributed by atoms with Crippen LogP contribution in [-0.2, 0) is 9.53 Å². The van der Waals surface area contributed by atoms with E-state index in [0.29, 0.717) is 40.3 Å². The number of ketones is 1. The van der Waals surface area contributed by atoms with Crippen molar-refractivity contribution in [2.24, 2.45) is 0 Å². The Kier molecular flexibility index (Phi) is 11.2. The molecule has 3 amide bonds. The molecule has 1 aliphatic heterocycles. The normalized spacial score (nSPS) is 13.2. The molecule has 47 heavy (non-hydrogen) atoms. The number of aromatic nitrogens is 1. The van der Waals surface area contributed by atoms with Gasteiger partial charge in [-0.05, 0) is 37.6 Å². The number of pyridine rings is 1. The van der Waals surface area contributed by atoms with E-state index in [4.69, 9.17) is 18.9 Å². The van der Waals surface area contributed by atoms with Crippen molar-refractivity contribution >= 4 is 47.1 Å². The quantitative estimate of drug-likeness (QED) is 0.0847. The second-order valence-electron chi connectivity index (χ2n) is 10.8. The number of urea groups is 1. The first-order valence-corrected chi connectivity index (χ1v) is 15.4. The van der Waals surface area contributed by atoms with E-state index in [1.807, 2.05) is 6.92 Å². The fourth-order valence-electron chi connectivity index (χ4n) is 4.93. The average Bonchev–Trinajstić information content (AvgIpc) is 3.07. The molecule has 1 aromatic heterocycles. The van der Waals surface area contributed by atoms with E-state index in [9.17, 15) is 14.4 Å². The lowest BCUT2D eigenvalue weighted by atomic mass is 10.1. The lowest BCUT2D eigenvalue weighted by Gasteiger charge is -2.26. The molecular weight excluding hydrogens is 627 g/mol. The van der Waals surface area contributed by atoms with Gasteiger partial charge in [0.05, 0.1) is 44.6 Å². The number of methoxy groups -OCH3 is 1. The molecule has 1 saturated heterocycles. The van der Waals surface area contributed by atoms with Crippen LogP contribution in [0.4, 0.5) is 14.9 Å². The fraction of sp³-hybridized carbons (Fsp3) is 0.294. The molecule has 2 heterocycles. The number of nitrogens with zero attached hydrogens (tertiary/aromatic N) is 3. The van der Waals surface area contributed by atoms with E-state index in [-0.39, 0.29) is 11.4 Å². The second kappa shape index (κ2) is 15.7. The van der Waals surface area contributed by atoms with Crippen LogP contribution in [-0.4, -0.2) is 74.2 Å². The van der Waals surface area contributed by atoms with Crippen molar-refractivity contribution in [3.63, 3.8) is 0 Å². The highest BCUT2D eigenvalue weighted by Gasteiger charge is 2.20. The van der Waals surface area contributed by atoms with Gasteiger partial charge in [-0.2, -0.15) is 0 Å². The summed E-state index contributed by atoms with van der Waals surface area (Å²) in [6.07, 6.45) is 1.84. The number of benzene rings is 3. The minimum atomic E-state index is -0.950. The summed E-state index contributed by atoms with van der Waals surface area (Å²) in [4.78, 5) is 44.1. The predicted octanol–water partition coefficient (Wildman–Crippen LogP) is 5.74. The van der Waals surface area contributed by atoms with Crippen LogP contribution in [0.3, 0.4) is 0 Å². The maximum absolute atomic E-state index is 15.2. The number of imide groups is 1. The smallest absolute Gasteiger partial charge is 0.338 e. The highest BCUT2D eigenvalue weighted by atomic mass is 32.1. The van der Waals surface area contributed by atoms with Gasteiger partial charge in [-0.1, -0.05) is 42.6 Å². The van der Waals surface area contributed by atoms with E-state index in [1.54, 1.807) is 48.7 Å². The van der Waals surface area contributed by atoms with Crippen LogP contribution in [0.2, 0.25) is 0 Å². The van der Waals surface area contributed by atoms with Crippen molar-refractivity contribution in [1.82, 2.24) is 15.2 Å². The predicted molar refractivity (Wildman–Crippen MR) is 177 cm³/mol. The molecule has 0 atom stereocenters. The third-order valence-corrected chi connectivity index (χ3v) is 7.89. The zero-order valence-corrected chi connectivity index (χ0v) is 26.9. The molecule has 0 spiro atoms. The number of hydrogen-bond donors (Lipinski definition) is 2. The van der Waals surface area contributed by atoms with Crippen LogP contribution in [0.5, 0.6) is 23.0 Å². The molecule has 11 nitrogen and oxygen atoms in total. The van der Waals surface area contributed by atoms with Gasteiger partial charge in [0.25, 0.3) is 0 Å². The van der Waals surface area contributed by atoms with Crippen molar-refractivity contribution in [2.45, 2.75) is 19.8 Å². The second-order valence-corrected chi connectivity index (χ2v) is 11.2. The molecule has 3 aromatic carbocycles. The molecule has 0 unspecified atom stereocenters. The third kappa shape index (κ3) is 8.76. The Morgan fingerprint density at radius 2 is 1.77 bits per heavy atom. The zero-order chi connectivity index (χ0) is 33.3. The first kappa shape index (κ1) is 33.6. The molecule has 1 N–H and O–H groups in total. The molecule has 5 rings (SSSR count). The summed E-state index contributed by atoms with van der Waals surface area (Å²) < 4.78 is 38.9. The number of thiol groups is 1. The molecule has 0 saturated carbocycles. The van der Waals surface area contributed by atoms with Crippen molar-refractivity contribution in [3.05, 3.63) is 83.8 Å². The van der Waals surface area contributed by atoms with E-state index in [2.05, 4.69) is 28.0 Å². The number of carbonyl (C=O) groups excluding carboxylic acids is 3. The molecule has 246 valence electrons. The minimum absolute atomic E-state index is 0.0324. The monoisotopic (exact) mass is 662 g/mol. The van der Waals surface area contributed by atoms with E-state index < -0.39 is 30.0 Å². The van der Waals surface area contributed by atoms with Crippen LogP contribution in [0, 0.1) is 12.7 Å². The van der Waals surface area contributed by atoms with Gasteiger partial charge in [0.1, 0.15) is 5.75 Å². The maximum atomic E-state index is 15.2. The van der Waals surface area contributed by atoms with Crippen LogP contribution in [0.1, 0.15) is 28.8 Å². The molecule has 0 bridgehead atoms. The summed E-state index contributed by atoms with van der Waals surface area (Å²) in [7, 11) is 1.53. The largest absolute Gasteiger partial charge is 0.493 e. The van der Waals surface area contributed by atoms with Gasteiger partial charge < -0.3 is 18.9 Å². The summed E-state index contributed by atoms with van der Waals surface area (Å²) in [6.45, 7) is 6.60. The molecule has 0 radical (unpaired) electrons. The minimum Gasteiger partial charge on any atom is -0.493 e. The molecular formula is C34H35FN4O7S. The number of ether oxygens (including phenoxy) is 4. The summed E-state index contributed by atoms with van der Waals surface area (Å²) in [5, 5.41) is 2.66. The number of carbonyl (C=O) groups is 3. The van der Waals surface area contributed by atoms with Gasteiger partial charge >= 0.3 is 6.03 Å². The number of aryl methyl sites for hydroxylation is 1. The third-order valence-electron chi connectivity index (χ3n) is 7.48. The Balaban J connectivity index is 1.21. The number of rotatable bonds is 12. The lowest BCUT2D eigenvalue weighted by Crippen LogP contribution is -2.39. The molecule has 4 aromatic rings. The Bertz CT molecular complexity index is 1750. The lowest BCUT2D eigenvalue weighted by molar-refractivity contribution is -0.119. The van der Waals surface area contributed by atoms with Crippen molar-refractivity contribution in [2.75, 3.05) is 50.9 Å². The summed E-state index contributed by atoms with van der Waals surface area (Å²) in [5.41, 5.74) is 1.91. The van der Waals surface area contributed by atoms with Gasteiger partial charge in [0, 0.05) is 48.9 Å². The standard InChI is InChI=1S/C34H35FN4O7S/c1-22-4-6-23(7-5-22)28(40)21-33(41)37-34(42)39(47)24-8-9-30(26(35)18-24)46-29-10-11-36-27-20-32(31(43-2)19-25(27)29)45-15-3-12-38-13-16-44-17-14-38/h4-11,18-20,47H,3,12-17,21H2,1-2H3,(H,37,41,42). The first-order valence-electron chi connectivity index (χ1n) is 15.0. The van der Waals surface area contributed by atoms with Gasteiger partial charge in [0.2, 0.25) is 5.91 Å². The zero-order valence-electron chi connectivity index (χ0n) is 26.0. The summed E-state index contributed by atoms with van der Waals surface area (Å²) >= 11 is 4.11. The Hall–Kier alpha value is -4.72. The SMILES string of the molecule is COc1cc2c(Oc3ccc(N(S)C(=O)NC(=O)CC(=O)c4ccc(C)cc4)cc3F)ccnc2cc1OCCCN1CCOCC1. The summed E-state index contributed by atoms with van der Waals surface area (Å²) in [5.74, 6) is -0.836. The number of nitrogens with one attached hydrogen (secondary N) is 1. The van der Waals surface area contributed by atoms with E-state index in [0.717, 1.165) is 55.2 Å². The van der Waals surface area contributed by atoms with Crippen molar-refractivity contribution in [1.29, 1.82) is 0 Å². The highest BCUT2D eigenvalue weighted by Crippen LogP contribution is 2.38. The van der Waals surface area contributed by atoms with Crippen molar-refractivity contribution in [3.8, 4) is 23.0 Å². The molecule has 1 fully saturated rings. The average molecular weight is 663 g/mol. The Morgan fingerprint density at radius 1 is 1.00 bits per heavy atom. The summed E-state index contributed by atoms with van der Waals surface area (Å²) in [6, 6.07) is 14.6. The topological polar surface area (TPSA) is 120 Å². The number of halogens is 1. The number of Topliss-reactive ketones (excluding diaryl/α,β-unsaturated/α-hetero) is 1. The van der Waals surface area contributed by atoms with Crippen LogP contribution in [0.15, 0.2) is 66.9 Å². The molecule has 1 aliphatic rings. The molecule has 13 heteroatoms. The van der Waals surface area contributed by atoms with Crippen molar-refractivity contribution < 1.29 is 37.7 Å². The maximum Gasteiger partial charge on any atom is 0.338 e. The first-order chi connectivity index (χ1) is 22.7. The fourth-order valence-corrected chi connectivity index (χ4v) is 5.10. The number of hydrogen-bond acceptors (Lipinski definition) is 10. The Morgan fingerprint density at radius 3 is 2.49 bits per heavy atom. The van der Waals surface area contributed by atoms with Gasteiger partial charge in [0.15, 0.2) is 28.8 Å². The van der Waals surface area contributed by atoms with E-state index in [1.165, 1.54) is 19.2 Å². The van der Waals surface area contributed by atoms with Gasteiger partial charge in [-0.15, -0.1) is 0 Å². The van der Waals surface area contributed by atoms with Crippen LogP contribution in [0.25, 0.3) is 10.9 Å². The van der Waals surface area contributed by atoms with Gasteiger partial charge in [-0.3, -0.25) is 24.8 Å². The Labute approximate surface area is 277 Å². The van der Waals surface area contributed by atoms with E-state index >= 15 is 4.39 Å².